The first-order valence-corrected chi connectivity index (χ1v) is 7.43. The second-order valence-corrected chi connectivity index (χ2v) is 6.07. The maximum atomic E-state index is 12.6. The smallest absolute Gasteiger partial charge is 0.293 e. The van der Waals surface area contributed by atoms with Crippen LogP contribution in [-0.4, -0.2) is 10.8 Å². The van der Waals surface area contributed by atoms with Crippen molar-refractivity contribution in [2.75, 3.05) is 0 Å². The standard InChI is InChI=1S/C15H12F3NOS/c16-15(17,18)14-19-8-12(21-14)13(20)11-7-3-5-9-4-1-2-6-10(9)11/h1-2,4,6,8,11H,3,5,7H2. The molecule has 110 valence electrons. The molecule has 1 aliphatic carbocycles. The van der Waals surface area contributed by atoms with E-state index in [1.807, 2.05) is 24.3 Å². The quantitative estimate of drug-likeness (QED) is 0.766. The number of aryl methyl sites for hydroxylation is 1. The second-order valence-electron chi connectivity index (χ2n) is 5.04. The zero-order valence-electron chi connectivity index (χ0n) is 11.0. The monoisotopic (exact) mass is 311 g/mol. The molecule has 2 aromatic rings. The minimum Gasteiger partial charge on any atom is -0.293 e. The fraction of sp³-hybridized carbons (Fsp3) is 0.333. The number of halogens is 3. The van der Waals surface area contributed by atoms with Gasteiger partial charge < -0.3 is 0 Å². The summed E-state index contributed by atoms with van der Waals surface area (Å²) < 4.78 is 37.7. The molecule has 1 aliphatic rings. The Morgan fingerprint density at radius 3 is 2.76 bits per heavy atom. The van der Waals surface area contributed by atoms with Crippen LogP contribution in [0.1, 0.15) is 44.6 Å². The van der Waals surface area contributed by atoms with E-state index >= 15 is 0 Å². The molecule has 0 spiro atoms. The maximum Gasteiger partial charge on any atom is 0.443 e. The van der Waals surface area contributed by atoms with Crippen LogP contribution in [0.15, 0.2) is 30.5 Å². The first-order valence-electron chi connectivity index (χ1n) is 6.62. The highest BCUT2D eigenvalue weighted by Gasteiger charge is 2.36. The highest BCUT2D eigenvalue weighted by atomic mass is 32.1. The van der Waals surface area contributed by atoms with Gasteiger partial charge in [-0.15, -0.1) is 11.3 Å². The van der Waals surface area contributed by atoms with Gasteiger partial charge in [0.1, 0.15) is 0 Å². The van der Waals surface area contributed by atoms with Gasteiger partial charge >= 0.3 is 6.18 Å². The molecule has 0 aliphatic heterocycles. The Morgan fingerprint density at radius 2 is 2.05 bits per heavy atom. The molecule has 0 saturated carbocycles. The number of Topliss-reactive ketones (excluding diaryl/α,β-unsaturated/α-hetero) is 1. The average molecular weight is 311 g/mol. The molecular weight excluding hydrogens is 299 g/mol. The predicted molar refractivity (Wildman–Crippen MR) is 73.6 cm³/mol. The summed E-state index contributed by atoms with van der Waals surface area (Å²) in [6.07, 6.45) is -0.982. The van der Waals surface area contributed by atoms with Gasteiger partial charge in [-0.1, -0.05) is 24.3 Å². The van der Waals surface area contributed by atoms with Crippen LogP contribution in [0.5, 0.6) is 0 Å². The van der Waals surface area contributed by atoms with Crippen LogP contribution in [0, 0.1) is 0 Å². The normalized spacial score (nSPS) is 18.3. The van der Waals surface area contributed by atoms with Crippen molar-refractivity contribution in [3.8, 4) is 0 Å². The van der Waals surface area contributed by atoms with Gasteiger partial charge in [0.25, 0.3) is 0 Å². The molecule has 0 bridgehead atoms. The number of fused-ring (bicyclic) bond motifs is 1. The molecule has 0 amide bonds. The summed E-state index contributed by atoms with van der Waals surface area (Å²) in [5.41, 5.74) is 2.05. The summed E-state index contributed by atoms with van der Waals surface area (Å²) >= 11 is 0.431. The molecule has 1 aromatic carbocycles. The fourth-order valence-electron chi connectivity index (χ4n) is 2.72. The Hall–Kier alpha value is -1.69. The molecule has 1 atom stereocenters. The second kappa shape index (κ2) is 5.26. The molecule has 0 fully saturated rings. The van der Waals surface area contributed by atoms with Gasteiger partial charge in [-0.2, -0.15) is 13.2 Å². The van der Waals surface area contributed by atoms with Crippen molar-refractivity contribution in [1.29, 1.82) is 0 Å². The lowest BCUT2D eigenvalue weighted by molar-refractivity contribution is -0.137. The minimum atomic E-state index is -4.49. The molecule has 6 heteroatoms. The predicted octanol–water partition coefficient (Wildman–Crippen LogP) is 4.46. The van der Waals surface area contributed by atoms with Crippen LogP contribution >= 0.6 is 11.3 Å². The molecule has 3 rings (SSSR count). The van der Waals surface area contributed by atoms with Gasteiger partial charge in [0.15, 0.2) is 10.8 Å². The van der Waals surface area contributed by atoms with E-state index < -0.39 is 11.2 Å². The van der Waals surface area contributed by atoms with Gasteiger partial charge in [-0.3, -0.25) is 4.79 Å². The minimum absolute atomic E-state index is 0.0871. The van der Waals surface area contributed by atoms with E-state index in [1.165, 1.54) is 0 Å². The Labute approximate surface area is 123 Å². The number of thiazole rings is 1. The van der Waals surface area contributed by atoms with Gasteiger partial charge in [0, 0.05) is 12.1 Å². The van der Waals surface area contributed by atoms with E-state index in [4.69, 9.17) is 0 Å². The number of hydrogen-bond acceptors (Lipinski definition) is 3. The molecular formula is C15H12F3NOS. The fourth-order valence-corrected chi connectivity index (χ4v) is 3.49. The third-order valence-corrected chi connectivity index (χ3v) is 4.73. The van der Waals surface area contributed by atoms with E-state index in [1.54, 1.807) is 0 Å². The Balaban J connectivity index is 1.92. The Morgan fingerprint density at radius 1 is 1.29 bits per heavy atom. The van der Waals surface area contributed by atoms with Crippen LogP contribution in [0.25, 0.3) is 0 Å². The highest BCUT2D eigenvalue weighted by molar-refractivity contribution is 7.13. The lowest BCUT2D eigenvalue weighted by atomic mass is 9.80. The first kappa shape index (κ1) is 14.3. The Kier molecular flexibility index (Phi) is 3.57. The van der Waals surface area contributed by atoms with E-state index in [0.29, 0.717) is 17.8 Å². The molecule has 2 nitrogen and oxygen atoms in total. The number of aromatic nitrogens is 1. The summed E-state index contributed by atoms with van der Waals surface area (Å²) in [6.45, 7) is 0. The van der Waals surface area contributed by atoms with Crippen LogP contribution < -0.4 is 0 Å². The molecule has 1 aromatic heterocycles. The van der Waals surface area contributed by atoms with Crippen molar-refractivity contribution in [3.63, 3.8) is 0 Å². The van der Waals surface area contributed by atoms with E-state index in [9.17, 15) is 18.0 Å². The lowest BCUT2D eigenvalue weighted by Gasteiger charge is -2.23. The number of rotatable bonds is 2. The van der Waals surface area contributed by atoms with Crippen molar-refractivity contribution >= 4 is 17.1 Å². The van der Waals surface area contributed by atoms with Crippen LogP contribution in [0.2, 0.25) is 0 Å². The maximum absolute atomic E-state index is 12.6. The third-order valence-electron chi connectivity index (χ3n) is 3.68. The Bertz CT molecular complexity index is 678. The number of ketones is 1. The first-order chi connectivity index (χ1) is 9.97. The third kappa shape index (κ3) is 2.72. The summed E-state index contributed by atoms with van der Waals surface area (Å²) in [7, 11) is 0. The SMILES string of the molecule is O=C(c1cnc(C(F)(F)F)s1)C1CCCc2ccccc21. The van der Waals surface area contributed by atoms with Crippen LogP contribution in [0.4, 0.5) is 13.2 Å². The molecule has 0 radical (unpaired) electrons. The molecule has 1 heterocycles. The molecule has 0 N–H and O–H groups in total. The van der Waals surface area contributed by atoms with Gasteiger partial charge in [0.2, 0.25) is 0 Å². The molecule has 21 heavy (non-hydrogen) atoms. The van der Waals surface area contributed by atoms with Crippen molar-refractivity contribution in [2.45, 2.75) is 31.4 Å². The zero-order valence-corrected chi connectivity index (χ0v) is 11.8. The summed E-state index contributed by atoms with van der Waals surface area (Å²) in [5, 5.41) is -0.963. The van der Waals surface area contributed by atoms with E-state index in [0.717, 1.165) is 30.2 Å². The number of nitrogens with zero attached hydrogens (tertiary/aromatic N) is 1. The zero-order chi connectivity index (χ0) is 15.0. The van der Waals surface area contributed by atoms with Gasteiger partial charge in [0.05, 0.1) is 4.88 Å². The van der Waals surface area contributed by atoms with Crippen LogP contribution in [0.3, 0.4) is 0 Å². The van der Waals surface area contributed by atoms with E-state index in [-0.39, 0.29) is 16.6 Å². The molecule has 0 saturated heterocycles. The topological polar surface area (TPSA) is 30.0 Å². The number of carbonyl (C=O) groups excluding carboxylic acids is 1. The van der Waals surface area contributed by atoms with Crippen LogP contribution in [-0.2, 0) is 12.6 Å². The largest absolute Gasteiger partial charge is 0.443 e. The number of carbonyl (C=O) groups is 1. The molecule has 1 unspecified atom stereocenters. The number of benzene rings is 1. The van der Waals surface area contributed by atoms with Crippen molar-refractivity contribution in [3.05, 3.63) is 51.5 Å². The summed E-state index contributed by atoms with van der Waals surface area (Å²) in [4.78, 5) is 15.9. The number of alkyl halides is 3. The van der Waals surface area contributed by atoms with Gasteiger partial charge in [-0.25, -0.2) is 4.98 Å². The summed E-state index contributed by atoms with van der Waals surface area (Å²) in [5.74, 6) is -0.605. The van der Waals surface area contributed by atoms with Gasteiger partial charge in [-0.05, 0) is 30.4 Å². The van der Waals surface area contributed by atoms with Crippen molar-refractivity contribution < 1.29 is 18.0 Å². The van der Waals surface area contributed by atoms with Crippen molar-refractivity contribution in [2.24, 2.45) is 0 Å². The lowest BCUT2D eigenvalue weighted by Crippen LogP contribution is -2.18. The average Bonchev–Trinajstić information content (AvgIpc) is 2.96. The highest BCUT2D eigenvalue weighted by Crippen LogP contribution is 2.37. The summed E-state index contributed by atoms with van der Waals surface area (Å²) in [6, 6.07) is 7.64. The van der Waals surface area contributed by atoms with E-state index in [2.05, 4.69) is 4.98 Å². The van der Waals surface area contributed by atoms with Crippen molar-refractivity contribution in [1.82, 2.24) is 4.98 Å². The number of hydrogen-bond donors (Lipinski definition) is 0.